The molecule has 0 radical (unpaired) electrons. The summed E-state index contributed by atoms with van der Waals surface area (Å²) in [6.07, 6.45) is 0. The minimum Gasteiger partial charge on any atom is -0.497 e. The topological polar surface area (TPSA) is 56.8 Å². The Kier molecular flexibility index (Phi) is 4.06. The summed E-state index contributed by atoms with van der Waals surface area (Å²) in [7, 11) is 1.61. The first kappa shape index (κ1) is 14.5. The summed E-state index contributed by atoms with van der Waals surface area (Å²) < 4.78 is 15.6. The number of halogens is 1. The van der Waals surface area contributed by atoms with Gasteiger partial charge in [-0.05, 0) is 29.8 Å². The molecule has 0 aromatic heterocycles. The number of rotatable bonds is 4. The van der Waals surface area contributed by atoms with Crippen molar-refractivity contribution in [2.24, 2.45) is 0 Å². The molecular weight excluding hydrogens is 306 g/mol. The second-order valence-electron chi connectivity index (χ2n) is 4.72. The fraction of sp³-hybridized carbons (Fsp3) is 0.188. The lowest BCUT2D eigenvalue weighted by Gasteiger charge is -2.08. The van der Waals surface area contributed by atoms with E-state index in [0.29, 0.717) is 28.6 Å². The van der Waals surface area contributed by atoms with Gasteiger partial charge in [-0.25, -0.2) is 0 Å². The van der Waals surface area contributed by atoms with Gasteiger partial charge in [0.2, 0.25) is 6.79 Å². The Balaban J connectivity index is 1.68. The Labute approximate surface area is 132 Å². The van der Waals surface area contributed by atoms with Gasteiger partial charge >= 0.3 is 0 Å². The van der Waals surface area contributed by atoms with Crippen LogP contribution in [0.15, 0.2) is 36.4 Å². The van der Waals surface area contributed by atoms with Crippen LogP contribution in [0.1, 0.15) is 15.9 Å². The maximum atomic E-state index is 12.2. The highest BCUT2D eigenvalue weighted by molar-refractivity contribution is 6.32. The third kappa shape index (κ3) is 2.94. The molecule has 22 heavy (non-hydrogen) atoms. The quantitative estimate of drug-likeness (QED) is 0.941. The van der Waals surface area contributed by atoms with Gasteiger partial charge in [0.15, 0.2) is 11.5 Å². The standard InChI is InChI=1S/C16H14ClNO4/c1-20-12-4-2-10(3-5-12)8-18-16(19)11-6-13(17)15-14(7-11)21-9-22-15/h2-7H,8-9H2,1H3,(H,18,19). The minimum absolute atomic E-state index is 0.117. The van der Waals surface area contributed by atoms with Crippen molar-refractivity contribution >= 4 is 17.5 Å². The Bertz CT molecular complexity index is 700. The lowest BCUT2D eigenvalue weighted by Crippen LogP contribution is -2.22. The van der Waals surface area contributed by atoms with E-state index < -0.39 is 0 Å². The Morgan fingerprint density at radius 2 is 2.05 bits per heavy atom. The van der Waals surface area contributed by atoms with Crippen LogP contribution in [0, 0.1) is 0 Å². The number of carbonyl (C=O) groups is 1. The maximum Gasteiger partial charge on any atom is 0.251 e. The van der Waals surface area contributed by atoms with Gasteiger partial charge in [-0.1, -0.05) is 23.7 Å². The number of amides is 1. The van der Waals surface area contributed by atoms with Gasteiger partial charge in [-0.2, -0.15) is 0 Å². The van der Waals surface area contributed by atoms with Crippen LogP contribution < -0.4 is 19.5 Å². The Hall–Kier alpha value is -2.40. The van der Waals surface area contributed by atoms with E-state index in [0.717, 1.165) is 11.3 Å². The number of carbonyl (C=O) groups excluding carboxylic acids is 1. The molecule has 0 atom stereocenters. The predicted octanol–water partition coefficient (Wildman–Crippen LogP) is 3.01. The zero-order valence-corrected chi connectivity index (χ0v) is 12.6. The van der Waals surface area contributed by atoms with Crippen LogP contribution in [-0.4, -0.2) is 19.8 Å². The molecule has 0 bridgehead atoms. The van der Waals surface area contributed by atoms with Crippen molar-refractivity contribution in [2.75, 3.05) is 13.9 Å². The van der Waals surface area contributed by atoms with Crippen LogP contribution in [0.5, 0.6) is 17.2 Å². The number of methoxy groups -OCH3 is 1. The van der Waals surface area contributed by atoms with Crippen LogP contribution in [0.4, 0.5) is 0 Å². The van der Waals surface area contributed by atoms with Crippen molar-refractivity contribution in [2.45, 2.75) is 6.54 Å². The molecule has 0 aliphatic carbocycles. The van der Waals surface area contributed by atoms with Gasteiger partial charge < -0.3 is 19.5 Å². The number of ether oxygens (including phenoxy) is 3. The second kappa shape index (κ2) is 6.15. The highest BCUT2D eigenvalue weighted by atomic mass is 35.5. The molecule has 2 aromatic carbocycles. The molecule has 114 valence electrons. The van der Waals surface area contributed by atoms with E-state index in [1.54, 1.807) is 19.2 Å². The second-order valence-corrected chi connectivity index (χ2v) is 5.13. The summed E-state index contributed by atoms with van der Waals surface area (Å²) in [6, 6.07) is 10.7. The van der Waals surface area contributed by atoms with Crippen LogP contribution in [0.25, 0.3) is 0 Å². The van der Waals surface area contributed by atoms with Crippen LogP contribution in [0.2, 0.25) is 5.02 Å². The molecule has 5 nitrogen and oxygen atoms in total. The first-order chi connectivity index (χ1) is 10.7. The largest absolute Gasteiger partial charge is 0.497 e. The molecule has 0 saturated carbocycles. The molecule has 0 spiro atoms. The summed E-state index contributed by atoms with van der Waals surface area (Å²) in [6.45, 7) is 0.529. The zero-order chi connectivity index (χ0) is 15.5. The summed E-state index contributed by atoms with van der Waals surface area (Å²) in [5.74, 6) is 1.52. The minimum atomic E-state index is -0.226. The van der Waals surface area contributed by atoms with E-state index in [9.17, 15) is 4.79 Å². The summed E-state index contributed by atoms with van der Waals surface area (Å²) >= 11 is 6.07. The van der Waals surface area contributed by atoms with Crippen molar-refractivity contribution < 1.29 is 19.0 Å². The van der Waals surface area contributed by atoms with Gasteiger partial charge in [-0.15, -0.1) is 0 Å². The van der Waals surface area contributed by atoms with E-state index in [1.807, 2.05) is 24.3 Å². The summed E-state index contributed by atoms with van der Waals surface area (Å²) in [4.78, 5) is 12.2. The maximum absolute atomic E-state index is 12.2. The van der Waals surface area contributed by atoms with Gasteiger partial charge in [-0.3, -0.25) is 4.79 Å². The molecule has 1 aliphatic rings. The number of fused-ring (bicyclic) bond motifs is 1. The molecule has 0 saturated heterocycles. The molecule has 1 heterocycles. The zero-order valence-electron chi connectivity index (χ0n) is 11.9. The predicted molar refractivity (Wildman–Crippen MR) is 81.7 cm³/mol. The van der Waals surface area contributed by atoms with Crippen LogP contribution in [0.3, 0.4) is 0 Å². The highest BCUT2D eigenvalue weighted by Crippen LogP contribution is 2.39. The van der Waals surface area contributed by atoms with Gasteiger partial charge in [0, 0.05) is 12.1 Å². The monoisotopic (exact) mass is 319 g/mol. The third-order valence-corrected chi connectivity index (χ3v) is 3.58. The molecule has 2 aromatic rings. The molecular formula is C16H14ClNO4. The first-order valence-electron chi connectivity index (χ1n) is 6.67. The molecule has 3 rings (SSSR count). The average molecular weight is 320 g/mol. The molecule has 0 fully saturated rings. The van der Waals surface area contributed by atoms with E-state index in [2.05, 4.69) is 5.32 Å². The number of benzene rings is 2. The fourth-order valence-electron chi connectivity index (χ4n) is 2.13. The fourth-order valence-corrected chi connectivity index (χ4v) is 2.39. The van der Waals surface area contributed by atoms with E-state index in [4.69, 9.17) is 25.8 Å². The number of nitrogens with one attached hydrogen (secondary N) is 1. The average Bonchev–Trinajstić information content (AvgIpc) is 3.02. The normalized spacial score (nSPS) is 12.1. The number of hydrogen-bond donors (Lipinski definition) is 1. The molecule has 1 amide bonds. The SMILES string of the molecule is COc1ccc(CNC(=O)c2cc(Cl)c3c(c2)OCO3)cc1. The first-order valence-corrected chi connectivity index (χ1v) is 7.05. The van der Waals surface area contributed by atoms with Crippen molar-refractivity contribution in [1.29, 1.82) is 0 Å². The summed E-state index contributed by atoms with van der Waals surface area (Å²) in [5.41, 5.74) is 1.41. The lowest BCUT2D eigenvalue weighted by atomic mass is 10.1. The molecule has 0 unspecified atom stereocenters. The van der Waals surface area contributed by atoms with E-state index in [1.165, 1.54) is 0 Å². The third-order valence-electron chi connectivity index (χ3n) is 3.30. The van der Waals surface area contributed by atoms with Gasteiger partial charge in [0.25, 0.3) is 5.91 Å². The molecule has 6 heteroatoms. The lowest BCUT2D eigenvalue weighted by molar-refractivity contribution is 0.0950. The van der Waals surface area contributed by atoms with Gasteiger partial charge in [0.05, 0.1) is 12.1 Å². The van der Waals surface area contributed by atoms with Crippen molar-refractivity contribution in [3.63, 3.8) is 0 Å². The highest BCUT2D eigenvalue weighted by Gasteiger charge is 2.20. The van der Waals surface area contributed by atoms with Crippen molar-refractivity contribution in [3.05, 3.63) is 52.5 Å². The van der Waals surface area contributed by atoms with Crippen molar-refractivity contribution in [3.8, 4) is 17.2 Å². The van der Waals surface area contributed by atoms with Crippen LogP contribution in [-0.2, 0) is 6.54 Å². The smallest absolute Gasteiger partial charge is 0.251 e. The Morgan fingerprint density at radius 3 is 2.77 bits per heavy atom. The molecule has 1 aliphatic heterocycles. The Morgan fingerprint density at radius 1 is 1.27 bits per heavy atom. The van der Waals surface area contributed by atoms with E-state index in [-0.39, 0.29) is 12.7 Å². The van der Waals surface area contributed by atoms with E-state index >= 15 is 0 Å². The summed E-state index contributed by atoms with van der Waals surface area (Å²) in [5, 5.41) is 3.20. The number of hydrogen-bond acceptors (Lipinski definition) is 4. The van der Waals surface area contributed by atoms with Crippen molar-refractivity contribution in [1.82, 2.24) is 5.32 Å². The van der Waals surface area contributed by atoms with Crippen LogP contribution >= 0.6 is 11.6 Å². The van der Waals surface area contributed by atoms with Gasteiger partial charge in [0.1, 0.15) is 5.75 Å². The molecule has 1 N–H and O–H groups in total.